The van der Waals surface area contributed by atoms with Crippen LogP contribution in [0.5, 0.6) is 11.5 Å². The molecule has 0 aliphatic rings. The van der Waals surface area contributed by atoms with E-state index >= 15 is 0 Å². The number of ether oxygens (including phenoxy) is 1. The molecule has 0 aliphatic carbocycles. The molecule has 4 aromatic rings. The van der Waals surface area contributed by atoms with Gasteiger partial charge < -0.3 is 23.1 Å². The van der Waals surface area contributed by atoms with Crippen LogP contribution in [0.3, 0.4) is 0 Å². The molecule has 1 N–H and O–H groups in total. The lowest BCUT2D eigenvalue weighted by atomic mass is 10.1. The Morgan fingerprint density at radius 1 is 1.20 bits per heavy atom. The van der Waals surface area contributed by atoms with Gasteiger partial charge in [-0.05, 0) is 48.9 Å². The molecule has 3 heterocycles. The predicted molar refractivity (Wildman–Crippen MR) is 110 cm³/mol. The summed E-state index contributed by atoms with van der Waals surface area (Å²) in [6.07, 6.45) is 4.48. The number of phenols is 1. The summed E-state index contributed by atoms with van der Waals surface area (Å²) < 4.78 is 22.2. The maximum absolute atomic E-state index is 9.99. The number of furan rings is 3. The molecule has 0 aliphatic heterocycles. The van der Waals surface area contributed by atoms with Crippen LogP contribution in [0.25, 0.3) is 22.8 Å². The summed E-state index contributed by atoms with van der Waals surface area (Å²) in [5, 5.41) is 19.9. The van der Waals surface area contributed by atoms with Gasteiger partial charge in [0.2, 0.25) is 5.88 Å². The lowest BCUT2D eigenvalue weighted by Crippen LogP contribution is -1.94. The highest BCUT2D eigenvalue weighted by Crippen LogP contribution is 2.43. The SMILES string of the molecule is CCOc1cc(C=Nc2oc(-c3ccco3)c(-c3ccco3)c2C#N)cc(Cl)c1O. The van der Waals surface area contributed by atoms with Crippen molar-refractivity contribution in [3.05, 3.63) is 65.1 Å². The summed E-state index contributed by atoms with van der Waals surface area (Å²) >= 11 is 6.07. The molecule has 150 valence electrons. The molecule has 0 atom stereocenters. The molecule has 4 rings (SSSR count). The van der Waals surface area contributed by atoms with Gasteiger partial charge in [0.1, 0.15) is 17.4 Å². The summed E-state index contributed by atoms with van der Waals surface area (Å²) in [7, 11) is 0. The normalized spacial score (nSPS) is 11.1. The molecule has 0 unspecified atom stereocenters. The highest BCUT2D eigenvalue weighted by atomic mass is 35.5. The predicted octanol–water partition coefficient (Wildman–Crippen LogP) is 6.18. The number of aromatic hydroxyl groups is 1. The zero-order valence-corrected chi connectivity index (χ0v) is 16.5. The van der Waals surface area contributed by atoms with Crippen LogP contribution in [0.15, 0.2) is 67.2 Å². The maximum atomic E-state index is 9.99. The number of phenolic OH excluding ortho intramolecular Hbond substituents is 1. The number of rotatable bonds is 6. The van der Waals surface area contributed by atoms with E-state index in [2.05, 4.69) is 11.1 Å². The molecule has 1 aromatic carbocycles. The molecule has 3 aromatic heterocycles. The van der Waals surface area contributed by atoms with E-state index in [1.165, 1.54) is 24.8 Å². The van der Waals surface area contributed by atoms with Crippen molar-refractivity contribution >= 4 is 23.7 Å². The van der Waals surface area contributed by atoms with Crippen molar-refractivity contribution < 1.29 is 23.1 Å². The van der Waals surface area contributed by atoms with Crippen LogP contribution >= 0.6 is 11.6 Å². The quantitative estimate of drug-likeness (QED) is 0.372. The van der Waals surface area contributed by atoms with Crippen LogP contribution in [-0.2, 0) is 0 Å². The van der Waals surface area contributed by atoms with Crippen molar-refractivity contribution in [1.82, 2.24) is 0 Å². The van der Waals surface area contributed by atoms with E-state index in [1.807, 2.05) is 0 Å². The van der Waals surface area contributed by atoms with Crippen molar-refractivity contribution in [2.45, 2.75) is 6.92 Å². The molecule has 7 nitrogen and oxygen atoms in total. The number of hydrogen-bond acceptors (Lipinski definition) is 7. The largest absolute Gasteiger partial charge is 0.503 e. The molecular weight excluding hydrogens is 408 g/mol. The molecule has 0 saturated heterocycles. The van der Waals surface area contributed by atoms with Crippen LogP contribution in [0.4, 0.5) is 5.88 Å². The molecule has 30 heavy (non-hydrogen) atoms. The molecule has 0 amide bonds. The monoisotopic (exact) mass is 422 g/mol. The first-order chi connectivity index (χ1) is 14.6. The molecular formula is C22H15ClN2O5. The van der Waals surface area contributed by atoms with E-state index in [4.69, 9.17) is 29.6 Å². The summed E-state index contributed by atoms with van der Waals surface area (Å²) in [6, 6.07) is 12.1. The van der Waals surface area contributed by atoms with E-state index in [0.717, 1.165) is 0 Å². The second kappa shape index (κ2) is 8.23. The Morgan fingerprint density at radius 2 is 1.93 bits per heavy atom. The summed E-state index contributed by atoms with van der Waals surface area (Å²) in [4.78, 5) is 4.33. The van der Waals surface area contributed by atoms with Crippen LogP contribution in [0.1, 0.15) is 18.1 Å². The summed E-state index contributed by atoms with van der Waals surface area (Å²) in [6.45, 7) is 2.16. The maximum Gasteiger partial charge on any atom is 0.238 e. The smallest absolute Gasteiger partial charge is 0.238 e. The Morgan fingerprint density at radius 3 is 2.57 bits per heavy atom. The number of nitriles is 1. The number of aliphatic imine (C=N–C) groups is 1. The minimum absolute atomic E-state index is 0.0810. The van der Waals surface area contributed by atoms with Gasteiger partial charge in [0.25, 0.3) is 0 Å². The number of halogens is 1. The highest BCUT2D eigenvalue weighted by Gasteiger charge is 2.26. The molecule has 0 spiro atoms. The highest BCUT2D eigenvalue weighted by molar-refractivity contribution is 6.32. The van der Waals surface area contributed by atoms with Gasteiger partial charge in [0, 0.05) is 6.21 Å². The van der Waals surface area contributed by atoms with Crippen molar-refractivity contribution in [3.8, 4) is 40.4 Å². The minimum Gasteiger partial charge on any atom is -0.503 e. The molecule has 0 saturated carbocycles. The number of hydrogen-bond donors (Lipinski definition) is 1. The lowest BCUT2D eigenvalue weighted by Gasteiger charge is -2.07. The van der Waals surface area contributed by atoms with Crippen LogP contribution in [0, 0.1) is 11.3 Å². The van der Waals surface area contributed by atoms with Crippen molar-refractivity contribution in [2.24, 2.45) is 4.99 Å². The van der Waals surface area contributed by atoms with E-state index in [-0.39, 0.29) is 28.0 Å². The van der Waals surface area contributed by atoms with Gasteiger partial charge in [-0.15, -0.1) is 0 Å². The van der Waals surface area contributed by atoms with E-state index in [9.17, 15) is 10.4 Å². The Hall–Kier alpha value is -3.89. The van der Waals surface area contributed by atoms with Crippen LogP contribution < -0.4 is 4.74 Å². The molecule has 8 heteroatoms. The Balaban J connectivity index is 1.81. The van der Waals surface area contributed by atoms with E-state index in [1.54, 1.807) is 37.3 Å². The Labute approximate surface area is 176 Å². The van der Waals surface area contributed by atoms with Gasteiger partial charge in [-0.25, -0.2) is 4.99 Å². The third-order valence-corrected chi connectivity index (χ3v) is 4.48. The van der Waals surface area contributed by atoms with Gasteiger partial charge in [-0.3, -0.25) is 0 Å². The zero-order valence-electron chi connectivity index (χ0n) is 15.8. The van der Waals surface area contributed by atoms with Gasteiger partial charge in [0.15, 0.2) is 23.0 Å². The van der Waals surface area contributed by atoms with Crippen molar-refractivity contribution in [2.75, 3.05) is 6.61 Å². The standard InChI is InChI=1S/C22H15ClN2O5/c1-2-27-18-10-13(9-15(23)20(18)26)12-25-22-14(11-24)19(16-5-3-7-28-16)21(30-22)17-6-4-8-29-17/h3-10,12,26H,2H2,1H3. The fourth-order valence-electron chi connectivity index (χ4n) is 2.92. The third kappa shape index (κ3) is 3.56. The van der Waals surface area contributed by atoms with Crippen LogP contribution in [-0.4, -0.2) is 17.9 Å². The third-order valence-electron chi connectivity index (χ3n) is 4.20. The Bertz CT molecular complexity index is 1230. The van der Waals surface area contributed by atoms with Crippen molar-refractivity contribution in [1.29, 1.82) is 5.26 Å². The molecule has 0 radical (unpaired) electrons. The fraction of sp³-hybridized carbons (Fsp3) is 0.0909. The van der Waals surface area contributed by atoms with Gasteiger partial charge in [-0.2, -0.15) is 5.26 Å². The topological polar surface area (TPSA) is 105 Å². The summed E-state index contributed by atoms with van der Waals surface area (Å²) in [5.74, 6) is 1.39. The number of benzene rings is 1. The van der Waals surface area contributed by atoms with E-state index in [0.29, 0.717) is 35.0 Å². The first-order valence-corrected chi connectivity index (χ1v) is 9.34. The average molecular weight is 423 g/mol. The van der Waals surface area contributed by atoms with Gasteiger partial charge in [-0.1, -0.05) is 11.6 Å². The molecule has 0 fully saturated rings. The van der Waals surface area contributed by atoms with E-state index < -0.39 is 0 Å². The molecule has 0 bridgehead atoms. The van der Waals surface area contributed by atoms with Crippen molar-refractivity contribution in [3.63, 3.8) is 0 Å². The lowest BCUT2D eigenvalue weighted by molar-refractivity contribution is 0.318. The minimum atomic E-state index is -0.147. The second-order valence-electron chi connectivity index (χ2n) is 6.09. The second-order valence-corrected chi connectivity index (χ2v) is 6.50. The first-order valence-electron chi connectivity index (χ1n) is 8.96. The first kappa shape index (κ1) is 19.4. The van der Waals surface area contributed by atoms with Gasteiger partial charge >= 0.3 is 0 Å². The zero-order chi connectivity index (χ0) is 21.1. The average Bonchev–Trinajstić information content (AvgIpc) is 3.49. The summed E-state index contributed by atoms with van der Waals surface area (Å²) in [5.41, 5.74) is 1.20. The van der Waals surface area contributed by atoms with Gasteiger partial charge in [0.05, 0.1) is 29.7 Å². The fourth-order valence-corrected chi connectivity index (χ4v) is 3.14. The number of nitrogens with zero attached hydrogens (tertiary/aromatic N) is 2. The Kier molecular flexibility index (Phi) is 5.33. The van der Waals surface area contributed by atoms with Crippen LogP contribution in [0.2, 0.25) is 5.02 Å².